The average molecular weight is 250 g/mol. The Hall–Kier alpha value is -1.02. The van der Waals surface area contributed by atoms with E-state index in [9.17, 15) is 0 Å². The second kappa shape index (κ2) is 8.13. The standard InChI is InChI=1S/C13H18N2OS/c1-11(9-14)17-13-5-3-12(4-6-13)10-15-7-8-16-2/h3-6,11,15H,7-8,10H2,1-2H3. The molecule has 0 bridgehead atoms. The maximum absolute atomic E-state index is 8.72. The van der Waals surface area contributed by atoms with E-state index in [1.165, 1.54) is 5.56 Å². The summed E-state index contributed by atoms with van der Waals surface area (Å²) in [4.78, 5) is 1.14. The lowest BCUT2D eigenvalue weighted by molar-refractivity contribution is 0.199. The first kappa shape index (κ1) is 14.0. The van der Waals surface area contributed by atoms with Gasteiger partial charge in [-0.15, -0.1) is 11.8 Å². The molecular weight excluding hydrogens is 232 g/mol. The normalized spacial score (nSPS) is 12.1. The van der Waals surface area contributed by atoms with E-state index in [0.29, 0.717) is 0 Å². The minimum absolute atomic E-state index is 0.000628. The lowest BCUT2D eigenvalue weighted by Crippen LogP contribution is -2.18. The topological polar surface area (TPSA) is 45.0 Å². The average Bonchev–Trinajstić information content (AvgIpc) is 2.36. The van der Waals surface area contributed by atoms with E-state index < -0.39 is 0 Å². The molecule has 4 heteroatoms. The van der Waals surface area contributed by atoms with E-state index in [0.717, 1.165) is 24.6 Å². The van der Waals surface area contributed by atoms with E-state index in [2.05, 4.69) is 35.7 Å². The first-order valence-corrected chi connectivity index (χ1v) is 6.49. The molecule has 17 heavy (non-hydrogen) atoms. The number of benzene rings is 1. The number of rotatable bonds is 7. The smallest absolute Gasteiger partial charge is 0.0935 e. The minimum Gasteiger partial charge on any atom is -0.383 e. The van der Waals surface area contributed by atoms with Crippen LogP contribution in [-0.4, -0.2) is 25.5 Å². The van der Waals surface area contributed by atoms with Crippen molar-refractivity contribution in [3.05, 3.63) is 29.8 Å². The van der Waals surface area contributed by atoms with Crippen LogP contribution in [0, 0.1) is 11.3 Å². The van der Waals surface area contributed by atoms with Gasteiger partial charge >= 0.3 is 0 Å². The predicted molar refractivity (Wildman–Crippen MR) is 71.0 cm³/mol. The third-order valence-electron chi connectivity index (χ3n) is 2.23. The van der Waals surface area contributed by atoms with Crippen LogP contribution in [0.2, 0.25) is 0 Å². The number of methoxy groups -OCH3 is 1. The molecule has 0 aliphatic heterocycles. The second-order valence-corrected chi connectivity index (χ2v) is 5.12. The molecule has 0 heterocycles. The number of nitrogens with one attached hydrogen (secondary N) is 1. The molecule has 0 saturated carbocycles. The summed E-state index contributed by atoms with van der Waals surface area (Å²) in [7, 11) is 1.70. The van der Waals surface area contributed by atoms with E-state index in [4.69, 9.17) is 10.00 Å². The van der Waals surface area contributed by atoms with Gasteiger partial charge in [0.2, 0.25) is 0 Å². The highest BCUT2D eigenvalue weighted by Crippen LogP contribution is 2.22. The zero-order chi connectivity index (χ0) is 12.5. The van der Waals surface area contributed by atoms with Gasteiger partial charge in [0, 0.05) is 25.1 Å². The van der Waals surface area contributed by atoms with Crippen molar-refractivity contribution in [1.82, 2.24) is 5.32 Å². The number of nitrogens with zero attached hydrogens (tertiary/aromatic N) is 1. The first-order valence-electron chi connectivity index (χ1n) is 5.61. The summed E-state index contributed by atoms with van der Waals surface area (Å²) in [6.07, 6.45) is 0. The fourth-order valence-corrected chi connectivity index (χ4v) is 2.08. The van der Waals surface area contributed by atoms with Gasteiger partial charge in [-0.1, -0.05) is 12.1 Å². The lowest BCUT2D eigenvalue weighted by Gasteiger charge is -2.06. The first-order chi connectivity index (χ1) is 8.26. The van der Waals surface area contributed by atoms with Gasteiger partial charge in [-0.25, -0.2) is 0 Å². The number of thioether (sulfide) groups is 1. The molecular formula is C13H18N2OS. The Bertz CT molecular complexity index is 359. The van der Waals surface area contributed by atoms with Gasteiger partial charge in [-0.2, -0.15) is 5.26 Å². The molecule has 0 saturated heterocycles. The monoisotopic (exact) mass is 250 g/mol. The van der Waals surface area contributed by atoms with Crippen LogP contribution in [0.1, 0.15) is 12.5 Å². The SMILES string of the molecule is COCCNCc1ccc(SC(C)C#N)cc1. The second-order valence-electron chi connectivity index (χ2n) is 3.70. The quantitative estimate of drug-likeness (QED) is 0.596. The van der Waals surface area contributed by atoms with Crippen LogP contribution in [0.3, 0.4) is 0 Å². The fraction of sp³-hybridized carbons (Fsp3) is 0.462. The summed E-state index contributed by atoms with van der Waals surface area (Å²) < 4.78 is 4.96. The van der Waals surface area contributed by atoms with E-state index >= 15 is 0 Å². The minimum atomic E-state index is 0.000628. The molecule has 1 N–H and O–H groups in total. The Morgan fingerprint density at radius 2 is 2.12 bits per heavy atom. The number of ether oxygens (including phenoxy) is 1. The molecule has 1 unspecified atom stereocenters. The molecule has 0 aliphatic rings. The highest BCUT2D eigenvalue weighted by atomic mass is 32.2. The highest BCUT2D eigenvalue weighted by Gasteiger charge is 2.01. The highest BCUT2D eigenvalue weighted by molar-refractivity contribution is 8.00. The van der Waals surface area contributed by atoms with E-state index in [-0.39, 0.29) is 5.25 Å². The molecule has 0 spiro atoms. The molecule has 0 aromatic heterocycles. The van der Waals surface area contributed by atoms with Crippen LogP contribution < -0.4 is 5.32 Å². The molecule has 0 radical (unpaired) electrons. The summed E-state index contributed by atoms with van der Waals surface area (Å²) in [5.74, 6) is 0. The zero-order valence-corrected chi connectivity index (χ0v) is 11.1. The fourth-order valence-electron chi connectivity index (χ4n) is 1.32. The molecule has 0 fully saturated rings. The van der Waals surface area contributed by atoms with Crippen LogP contribution in [0.5, 0.6) is 0 Å². The maximum atomic E-state index is 8.72. The largest absolute Gasteiger partial charge is 0.383 e. The van der Waals surface area contributed by atoms with Gasteiger partial charge in [0.1, 0.15) is 0 Å². The van der Waals surface area contributed by atoms with Crippen LogP contribution in [0.15, 0.2) is 29.2 Å². The summed E-state index contributed by atoms with van der Waals surface area (Å²) in [5.41, 5.74) is 1.25. The van der Waals surface area contributed by atoms with E-state index in [1.807, 2.05) is 6.92 Å². The summed E-state index contributed by atoms with van der Waals surface area (Å²) in [5, 5.41) is 12.0. The summed E-state index contributed by atoms with van der Waals surface area (Å²) in [6.45, 7) is 4.35. The lowest BCUT2D eigenvalue weighted by atomic mass is 10.2. The van der Waals surface area contributed by atoms with Gasteiger partial charge in [-0.3, -0.25) is 0 Å². The molecule has 1 aromatic rings. The van der Waals surface area contributed by atoms with Gasteiger partial charge in [0.25, 0.3) is 0 Å². The number of nitriles is 1. The van der Waals surface area contributed by atoms with Gasteiger partial charge in [-0.05, 0) is 24.6 Å². The van der Waals surface area contributed by atoms with Crippen LogP contribution >= 0.6 is 11.8 Å². The number of hydrogen-bond donors (Lipinski definition) is 1. The Kier molecular flexibility index (Phi) is 6.71. The molecule has 0 amide bonds. The molecule has 92 valence electrons. The summed E-state index contributed by atoms with van der Waals surface area (Å²) in [6, 6.07) is 10.5. The third kappa shape index (κ3) is 5.73. The van der Waals surface area contributed by atoms with Crippen molar-refractivity contribution in [3.8, 4) is 6.07 Å². The molecule has 1 aromatic carbocycles. The van der Waals surface area contributed by atoms with Crippen molar-refractivity contribution >= 4 is 11.8 Å². The van der Waals surface area contributed by atoms with Crippen LogP contribution in [-0.2, 0) is 11.3 Å². The van der Waals surface area contributed by atoms with Crippen molar-refractivity contribution in [1.29, 1.82) is 5.26 Å². The van der Waals surface area contributed by atoms with Crippen molar-refractivity contribution in [2.24, 2.45) is 0 Å². The Morgan fingerprint density at radius 1 is 1.41 bits per heavy atom. The van der Waals surface area contributed by atoms with Crippen molar-refractivity contribution < 1.29 is 4.74 Å². The zero-order valence-electron chi connectivity index (χ0n) is 10.3. The Morgan fingerprint density at radius 3 is 2.71 bits per heavy atom. The maximum Gasteiger partial charge on any atom is 0.0935 e. The third-order valence-corrected chi connectivity index (χ3v) is 3.23. The molecule has 1 atom stereocenters. The van der Waals surface area contributed by atoms with Crippen LogP contribution in [0.25, 0.3) is 0 Å². The molecule has 3 nitrogen and oxygen atoms in total. The van der Waals surface area contributed by atoms with Crippen molar-refractivity contribution in [2.75, 3.05) is 20.3 Å². The summed E-state index contributed by atoms with van der Waals surface area (Å²) >= 11 is 1.58. The van der Waals surface area contributed by atoms with Crippen molar-refractivity contribution in [3.63, 3.8) is 0 Å². The van der Waals surface area contributed by atoms with Gasteiger partial charge in [0.05, 0.1) is 17.9 Å². The Balaban J connectivity index is 2.37. The molecule has 0 aliphatic carbocycles. The Labute approximate surface area is 107 Å². The predicted octanol–water partition coefficient (Wildman–Crippen LogP) is 2.43. The van der Waals surface area contributed by atoms with Gasteiger partial charge in [0.15, 0.2) is 0 Å². The van der Waals surface area contributed by atoms with Crippen molar-refractivity contribution in [2.45, 2.75) is 23.6 Å². The van der Waals surface area contributed by atoms with E-state index in [1.54, 1.807) is 18.9 Å². The van der Waals surface area contributed by atoms with Gasteiger partial charge < -0.3 is 10.1 Å². The molecule has 1 rings (SSSR count). The number of hydrogen-bond acceptors (Lipinski definition) is 4. The van der Waals surface area contributed by atoms with Crippen LogP contribution in [0.4, 0.5) is 0 Å².